The van der Waals surface area contributed by atoms with E-state index < -0.39 is 12.5 Å². The fraction of sp³-hybridized carbons (Fsp3) is 0.917. The Kier molecular flexibility index (Phi) is 5.21. The van der Waals surface area contributed by atoms with E-state index in [9.17, 15) is 9.36 Å². The summed E-state index contributed by atoms with van der Waals surface area (Å²) >= 11 is 0. The van der Waals surface area contributed by atoms with Gasteiger partial charge in [-0.05, 0) is 33.6 Å². The summed E-state index contributed by atoms with van der Waals surface area (Å²) in [4.78, 5) is 11.6. The second-order valence-corrected chi connectivity index (χ2v) is 7.88. The molecule has 2 atom stereocenters. The quantitative estimate of drug-likeness (QED) is 0.564. The van der Waals surface area contributed by atoms with Crippen LogP contribution >= 0.6 is 7.37 Å². The molecular weight excluding hydrogens is 239 g/mol. The number of carbonyl (C=O) groups is 1. The van der Waals surface area contributed by atoms with Crippen molar-refractivity contribution in [2.24, 2.45) is 0 Å². The molecule has 17 heavy (non-hydrogen) atoms. The summed E-state index contributed by atoms with van der Waals surface area (Å²) in [7, 11) is -2.71. The molecule has 1 saturated heterocycles. The predicted molar refractivity (Wildman–Crippen MR) is 67.6 cm³/mol. The van der Waals surface area contributed by atoms with Gasteiger partial charge in [-0.1, -0.05) is 6.42 Å². The van der Waals surface area contributed by atoms with E-state index in [-0.39, 0.29) is 12.4 Å². The van der Waals surface area contributed by atoms with Gasteiger partial charge in [0.05, 0.1) is 24.8 Å². The molecule has 0 aromatic carbocycles. The van der Waals surface area contributed by atoms with Gasteiger partial charge in [0.2, 0.25) is 7.37 Å². The molecule has 1 aliphatic rings. The highest BCUT2D eigenvalue weighted by Gasteiger charge is 2.48. The zero-order valence-corrected chi connectivity index (χ0v) is 11.9. The standard InChI is InChI=1S/C12H23O4P/c1-4-15-11(13)10-12(3)8-6-7-9-17(12,14)16-5-2/h4-10H2,1-3H3/t12-,17+/m0/s1. The Balaban J connectivity index is 2.81. The molecule has 0 saturated carbocycles. The summed E-state index contributed by atoms with van der Waals surface area (Å²) < 4.78 is 23.3. The van der Waals surface area contributed by atoms with Gasteiger partial charge in [-0.2, -0.15) is 0 Å². The third kappa shape index (κ3) is 3.32. The summed E-state index contributed by atoms with van der Waals surface area (Å²) in [5, 5.41) is -0.534. The van der Waals surface area contributed by atoms with Gasteiger partial charge < -0.3 is 9.26 Å². The lowest BCUT2D eigenvalue weighted by atomic mass is 9.99. The maximum absolute atomic E-state index is 12.8. The van der Waals surface area contributed by atoms with Crippen molar-refractivity contribution in [1.82, 2.24) is 0 Å². The Labute approximate surface area is 104 Å². The van der Waals surface area contributed by atoms with E-state index in [0.717, 1.165) is 19.3 Å². The van der Waals surface area contributed by atoms with Crippen LogP contribution < -0.4 is 0 Å². The molecule has 100 valence electrons. The molecule has 1 heterocycles. The molecule has 4 nitrogen and oxygen atoms in total. The van der Waals surface area contributed by atoms with Crippen molar-refractivity contribution in [2.45, 2.75) is 51.6 Å². The van der Waals surface area contributed by atoms with Gasteiger partial charge in [-0.3, -0.25) is 9.36 Å². The van der Waals surface area contributed by atoms with Crippen LogP contribution in [-0.2, 0) is 18.6 Å². The molecule has 0 aliphatic carbocycles. The maximum atomic E-state index is 12.8. The SMILES string of the molecule is CCOC(=O)C[C@]1(C)CCCC[P@@]1(=O)OCC. The van der Waals surface area contributed by atoms with Gasteiger partial charge in [-0.15, -0.1) is 0 Å². The van der Waals surface area contributed by atoms with Crippen molar-refractivity contribution in [1.29, 1.82) is 0 Å². The van der Waals surface area contributed by atoms with Crippen LogP contribution in [0, 0.1) is 0 Å². The first-order valence-electron chi connectivity index (χ1n) is 6.37. The maximum Gasteiger partial charge on any atom is 0.306 e. The lowest BCUT2D eigenvalue weighted by molar-refractivity contribution is -0.143. The third-order valence-electron chi connectivity index (χ3n) is 3.41. The van der Waals surface area contributed by atoms with E-state index in [1.807, 2.05) is 13.8 Å². The Bertz CT molecular complexity index is 310. The minimum atomic E-state index is -2.71. The van der Waals surface area contributed by atoms with E-state index in [0.29, 0.717) is 19.4 Å². The van der Waals surface area contributed by atoms with Crippen molar-refractivity contribution in [3.8, 4) is 0 Å². The molecule has 1 fully saturated rings. The van der Waals surface area contributed by atoms with Gasteiger partial charge >= 0.3 is 5.97 Å². The van der Waals surface area contributed by atoms with Crippen LogP contribution in [0.5, 0.6) is 0 Å². The molecule has 1 aliphatic heterocycles. The average molecular weight is 262 g/mol. The molecule has 0 aromatic heterocycles. The highest BCUT2D eigenvalue weighted by Crippen LogP contribution is 2.65. The molecule has 0 bridgehead atoms. The second-order valence-electron chi connectivity index (χ2n) is 4.75. The van der Waals surface area contributed by atoms with E-state index in [2.05, 4.69) is 0 Å². The molecule has 0 unspecified atom stereocenters. The van der Waals surface area contributed by atoms with E-state index >= 15 is 0 Å². The Hall–Kier alpha value is -0.340. The van der Waals surface area contributed by atoms with E-state index in [1.165, 1.54) is 0 Å². The summed E-state index contributed by atoms with van der Waals surface area (Å²) in [6.07, 6.45) is 3.51. The van der Waals surface area contributed by atoms with Gasteiger partial charge in [0.1, 0.15) is 0 Å². The molecule has 0 N–H and O–H groups in total. The molecule has 0 spiro atoms. The first-order chi connectivity index (χ1) is 7.97. The lowest BCUT2D eigenvalue weighted by Crippen LogP contribution is -2.34. The lowest BCUT2D eigenvalue weighted by Gasteiger charge is -2.39. The smallest absolute Gasteiger partial charge is 0.306 e. The Morgan fingerprint density at radius 2 is 2.00 bits per heavy atom. The van der Waals surface area contributed by atoms with Gasteiger partial charge in [0.25, 0.3) is 0 Å². The van der Waals surface area contributed by atoms with Crippen LogP contribution in [0.4, 0.5) is 0 Å². The molecule has 0 radical (unpaired) electrons. The van der Waals surface area contributed by atoms with Crippen LogP contribution in [0.15, 0.2) is 0 Å². The number of hydrogen-bond donors (Lipinski definition) is 0. The second kappa shape index (κ2) is 6.01. The van der Waals surface area contributed by atoms with Crippen LogP contribution in [-0.4, -0.2) is 30.5 Å². The zero-order chi connectivity index (χ0) is 12.9. The highest BCUT2D eigenvalue weighted by atomic mass is 31.2. The summed E-state index contributed by atoms with van der Waals surface area (Å²) in [6, 6.07) is 0. The van der Waals surface area contributed by atoms with Crippen molar-refractivity contribution in [3.05, 3.63) is 0 Å². The number of ether oxygens (including phenoxy) is 1. The van der Waals surface area contributed by atoms with Crippen molar-refractivity contribution in [2.75, 3.05) is 19.4 Å². The summed E-state index contributed by atoms with van der Waals surface area (Å²) in [6.45, 7) is 6.34. The fourth-order valence-electron chi connectivity index (χ4n) is 2.43. The first kappa shape index (κ1) is 14.7. The summed E-state index contributed by atoms with van der Waals surface area (Å²) in [5.41, 5.74) is 0. The van der Waals surface area contributed by atoms with Crippen LogP contribution in [0.1, 0.15) is 46.5 Å². The largest absolute Gasteiger partial charge is 0.466 e. The number of carbonyl (C=O) groups excluding carboxylic acids is 1. The van der Waals surface area contributed by atoms with Gasteiger partial charge in [0.15, 0.2) is 0 Å². The van der Waals surface area contributed by atoms with Gasteiger partial charge in [0, 0.05) is 6.16 Å². The van der Waals surface area contributed by atoms with E-state index in [1.54, 1.807) is 6.92 Å². The number of rotatable bonds is 5. The summed E-state index contributed by atoms with van der Waals surface area (Å²) in [5.74, 6) is -0.267. The zero-order valence-electron chi connectivity index (χ0n) is 11.0. The topological polar surface area (TPSA) is 52.6 Å². The minimum absolute atomic E-state index is 0.206. The molecule has 0 aromatic rings. The first-order valence-corrected chi connectivity index (χ1v) is 8.18. The minimum Gasteiger partial charge on any atom is -0.466 e. The van der Waals surface area contributed by atoms with Crippen LogP contribution in [0.2, 0.25) is 0 Å². The average Bonchev–Trinajstić information content (AvgIpc) is 2.23. The monoisotopic (exact) mass is 262 g/mol. The van der Waals surface area contributed by atoms with Gasteiger partial charge in [-0.25, -0.2) is 0 Å². The highest BCUT2D eigenvalue weighted by molar-refractivity contribution is 7.60. The number of hydrogen-bond acceptors (Lipinski definition) is 4. The van der Waals surface area contributed by atoms with E-state index in [4.69, 9.17) is 9.26 Å². The predicted octanol–water partition coefficient (Wildman–Crippen LogP) is 3.20. The third-order valence-corrected chi connectivity index (χ3v) is 7.02. The molecular formula is C12H23O4P. The van der Waals surface area contributed by atoms with Crippen molar-refractivity contribution < 1.29 is 18.6 Å². The van der Waals surface area contributed by atoms with Crippen molar-refractivity contribution >= 4 is 13.3 Å². The molecule has 1 rings (SSSR count). The molecule has 0 amide bonds. The fourth-order valence-corrected chi connectivity index (χ4v) is 5.33. The van der Waals surface area contributed by atoms with Crippen LogP contribution in [0.25, 0.3) is 0 Å². The normalized spacial score (nSPS) is 33.4. The molecule has 5 heteroatoms. The Morgan fingerprint density at radius 1 is 1.29 bits per heavy atom. The number of esters is 1. The van der Waals surface area contributed by atoms with Crippen LogP contribution in [0.3, 0.4) is 0 Å². The van der Waals surface area contributed by atoms with Crippen molar-refractivity contribution in [3.63, 3.8) is 0 Å². The Morgan fingerprint density at radius 3 is 2.59 bits per heavy atom.